The van der Waals surface area contributed by atoms with Gasteiger partial charge in [0.15, 0.2) is 0 Å². The zero-order valence-corrected chi connectivity index (χ0v) is 17.4. The number of hydrogen-bond donors (Lipinski definition) is 1. The highest BCUT2D eigenvalue weighted by Crippen LogP contribution is 2.43. The summed E-state index contributed by atoms with van der Waals surface area (Å²) >= 11 is 7.49. The minimum atomic E-state index is -0.709. The van der Waals surface area contributed by atoms with Crippen LogP contribution in [0.15, 0.2) is 65.6 Å². The Hall–Kier alpha value is -2.89. The molecule has 0 radical (unpaired) electrons. The van der Waals surface area contributed by atoms with Crippen LogP contribution >= 0.6 is 22.9 Å². The number of aliphatic hydroxyl groups is 1. The molecule has 0 bridgehead atoms. The number of nitrogens with zero attached hydrogens (tertiary/aromatic N) is 1. The molecule has 1 aliphatic heterocycles. The van der Waals surface area contributed by atoms with Gasteiger partial charge in [0, 0.05) is 21.2 Å². The highest BCUT2D eigenvalue weighted by molar-refractivity contribution is 7.10. The van der Waals surface area contributed by atoms with E-state index in [9.17, 15) is 14.7 Å². The number of carbonyl (C=O) groups is 2. The van der Waals surface area contributed by atoms with Crippen molar-refractivity contribution in [2.75, 3.05) is 4.90 Å². The van der Waals surface area contributed by atoms with E-state index < -0.39 is 17.7 Å². The van der Waals surface area contributed by atoms with E-state index in [0.29, 0.717) is 16.3 Å². The molecule has 1 N–H and O–H groups in total. The van der Waals surface area contributed by atoms with Crippen LogP contribution in [0.3, 0.4) is 0 Å². The van der Waals surface area contributed by atoms with Gasteiger partial charge in [0.2, 0.25) is 0 Å². The third-order valence-electron chi connectivity index (χ3n) is 5.12. The topological polar surface area (TPSA) is 57.6 Å². The number of anilines is 1. The molecule has 2 heterocycles. The van der Waals surface area contributed by atoms with Crippen molar-refractivity contribution in [3.63, 3.8) is 0 Å². The maximum Gasteiger partial charge on any atom is 0.300 e. The third-order valence-corrected chi connectivity index (χ3v) is 6.28. The smallest absolute Gasteiger partial charge is 0.300 e. The molecule has 1 unspecified atom stereocenters. The molecule has 146 valence electrons. The number of rotatable bonds is 3. The summed E-state index contributed by atoms with van der Waals surface area (Å²) in [7, 11) is 0. The highest BCUT2D eigenvalue weighted by Gasteiger charge is 2.47. The standard InChI is InChI=1S/C23H18ClNO3S/c1-13-8-9-17(11-14(13)2)25-20(18-7-4-10-29-18)19(22(27)23(25)28)21(26)15-5-3-6-16(24)12-15/h3-12,20,26H,1-2H3/b21-19-. The zero-order valence-electron chi connectivity index (χ0n) is 15.8. The molecule has 0 saturated carbocycles. The monoisotopic (exact) mass is 423 g/mol. The summed E-state index contributed by atoms with van der Waals surface area (Å²) in [6.45, 7) is 3.95. The minimum Gasteiger partial charge on any atom is -0.507 e. The largest absolute Gasteiger partial charge is 0.507 e. The SMILES string of the molecule is Cc1ccc(N2C(=O)C(=O)/C(=C(\O)c3cccc(Cl)c3)C2c2cccs2)cc1C. The fraction of sp³-hybridized carbons (Fsp3) is 0.130. The Morgan fingerprint density at radius 1 is 1.03 bits per heavy atom. The van der Waals surface area contributed by atoms with Crippen molar-refractivity contribution < 1.29 is 14.7 Å². The summed E-state index contributed by atoms with van der Waals surface area (Å²) in [6, 6.07) is 15.3. The van der Waals surface area contributed by atoms with Crippen LogP contribution in [0.5, 0.6) is 0 Å². The van der Waals surface area contributed by atoms with Crippen LogP contribution in [0.2, 0.25) is 5.02 Å². The van der Waals surface area contributed by atoms with Gasteiger partial charge in [-0.05, 0) is 60.7 Å². The summed E-state index contributed by atoms with van der Waals surface area (Å²) < 4.78 is 0. The highest BCUT2D eigenvalue weighted by atomic mass is 35.5. The number of thiophene rings is 1. The summed E-state index contributed by atoms with van der Waals surface area (Å²) in [5, 5.41) is 13.3. The van der Waals surface area contributed by atoms with Crippen molar-refractivity contribution in [2.45, 2.75) is 19.9 Å². The predicted molar refractivity (Wildman–Crippen MR) is 116 cm³/mol. The first-order chi connectivity index (χ1) is 13.9. The van der Waals surface area contributed by atoms with Gasteiger partial charge in [0.25, 0.3) is 11.7 Å². The Labute approximate surface area is 177 Å². The van der Waals surface area contributed by atoms with Crippen LogP contribution in [-0.2, 0) is 9.59 Å². The second-order valence-electron chi connectivity index (χ2n) is 6.96. The first-order valence-electron chi connectivity index (χ1n) is 9.06. The molecular weight excluding hydrogens is 406 g/mol. The molecule has 1 aromatic heterocycles. The molecule has 1 fully saturated rings. The number of halogens is 1. The molecule has 1 saturated heterocycles. The third kappa shape index (κ3) is 3.37. The van der Waals surface area contributed by atoms with Gasteiger partial charge in [-0.3, -0.25) is 14.5 Å². The fourth-order valence-corrected chi connectivity index (χ4v) is 4.50. The Kier molecular flexibility index (Phi) is 5.03. The predicted octanol–water partition coefficient (Wildman–Crippen LogP) is 5.64. The van der Waals surface area contributed by atoms with Gasteiger partial charge in [-0.1, -0.05) is 35.9 Å². The van der Waals surface area contributed by atoms with Crippen LogP contribution in [-0.4, -0.2) is 16.8 Å². The fourth-order valence-electron chi connectivity index (χ4n) is 3.48. The average Bonchev–Trinajstić information content (AvgIpc) is 3.31. The van der Waals surface area contributed by atoms with Gasteiger partial charge < -0.3 is 5.11 Å². The van der Waals surface area contributed by atoms with E-state index in [2.05, 4.69) is 0 Å². The van der Waals surface area contributed by atoms with Gasteiger partial charge in [0.1, 0.15) is 11.8 Å². The maximum absolute atomic E-state index is 13.0. The number of benzene rings is 2. The van der Waals surface area contributed by atoms with Crippen LogP contribution < -0.4 is 4.90 Å². The molecule has 6 heteroatoms. The average molecular weight is 424 g/mol. The molecule has 0 spiro atoms. The second kappa shape index (κ2) is 7.50. The Morgan fingerprint density at radius 3 is 2.48 bits per heavy atom. The normalized spacial score (nSPS) is 18.4. The van der Waals surface area contributed by atoms with Crippen LogP contribution in [0.4, 0.5) is 5.69 Å². The number of aliphatic hydroxyl groups excluding tert-OH is 1. The van der Waals surface area contributed by atoms with E-state index in [-0.39, 0.29) is 11.3 Å². The van der Waals surface area contributed by atoms with Crippen LogP contribution in [0.25, 0.3) is 5.76 Å². The number of hydrogen-bond acceptors (Lipinski definition) is 4. The van der Waals surface area contributed by atoms with E-state index in [1.54, 1.807) is 24.3 Å². The molecule has 2 aromatic carbocycles. The van der Waals surface area contributed by atoms with Crippen LogP contribution in [0.1, 0.15) is 27.6 Å². The second-order valence-corrected chi connectivity index (χ2v) is 8.38. The molecule has 29 heavy (non-hydrogen) atoms. The van der Waals surface area contributed by atoms with Crippen molar-refractivity contribution in [2.24, 2.45) is 0 Å². The molecule has 4 nitrogen and oxygen atoms in total. The lowest BCUT2D eigenvalue weighted by Gasteiger charge is -2.24. The number of amides is 1. The zero-order chi connectivity index (χ0) is 20.7. The van der Waals surface area contributed by atoms with Gasteiger partial charge in [-0.15, -0.1) is 11.3 Å². The van der Waals surface area contributed by atoms with Gasteiger partial charge in [-0.25, -0.2) is 0 Å². The van der Waals surface area contributed by atoms with E-state index >= 15 is 0 Å². The molecule has 0 aliphatic carbocycles. The number of aryl methyl sites for hydroxylation is 2. The minimum absolute atomic E-state index is 0.0675. The molecule has 1 amide bonds. The van der Waals surface area contributed by atoms with Crippen molar-refractivity contribution in [3.05, 3.63) is 92.1 Å². The quantitative estimate of drug-likeness (QED) is 0.336. The number of Topliss-reactive ketones (excluding diaryl/α,β-unsaturated/α-hetero) is 1. The van der Waals surface area contributed by atoms with Crippen molar-refractivity contribution in [1.82, 2.24) is 0 Å². The molecule has 1 atom stereocenters. The number of carbonyl (C=O) groups excluding carboxylic acids is 2. The van der Waals surface area contributed by atoms with Crippen molar-refractivity contribution >= 4 is 46.1 Å². The first-order valence-corrected chi connectivity index (χ1v) is 10.3. The van der Waals surface area contributed by atoms with E-state index in [0.717, 1.165) is 16.0 Å². The molecule has 4 rings (SSSR count). The Morgan fingerprint density at radius 2 is 1.83 bits per heavy atom. The van der Waals surface area contributed by atoms with E-state index in [1.165, 1.54) is 16.2 Å². The summed E-state index contributed by atoms with van der Waals surface area (Å²) in [5.41, 5.74) is 3.20. The Balaban J connectivity index is 1.94. The van der Waals surface area contributed by atoms with Gasteiger partial charge in [0.05, 0.1) is 5.57 Å². The lowest BCUT2D eigenvalue weighted by atomic mass is 9.99. The molecule has 1 aliphatic rings. The van der Waals surface area contributed by atoms with E-state index in [4.69, 9.17) is 11.6 Å². The lowest BCUT2D eigenvalue weighted by Crippen LogP contribution is -2.29. The maximum atomic E-state index is 13.0. The summed E-state index contributed by atoms with van der Waals surface area (Å²) in [5.74, 6) is -1.59. The van der Waals surface area contributed by atoms with E-state index in [1.807, 2.05) is 49.6 Å². The van der Waals surface area contributed by atoms with Crippen LogP contribution in [0, 0.1) is 13.8 Å². The summed E-state index contributed by atoms with van der Waals surface area (Å²) in [6.07, 6.45) is 0. The Bertz CT molecular complexity index is 1150. The first kappa shape index (κ1) is 19.4. The summed E-state index contributed by atoms with van der Waals surface area (Å²) in [4.78, 5) is 28.3. The van der Waals surface area contributed by atoms with Crippen molar-refractivity contribution in [3.8, 4) is 0 Å². The van der Waals surface area contributed by atoms with Crippen molar-refractivity contribution in [1.29, 1.82) is 0 Å². The van der Waals surface area contributed by atoms with Gasteiger partial charge in [-0.2, -0.15) is 0 Å². The lowest BCUT2D eigenvalue weighted by molar-refractivity contribution is -0.132. The molecular formula is C23H18ClNO3S. The molecule has 3 aromatic rings. The van der Waals surface area contributed by atoms with Gasteiger partial charge >= 0.3 is 0 Å². The number of ketones is 1.